The molecule has 0 radical (unpaired) electrons. The van der Waals surface area contributed by atoms with Crippen molar-refractivity contribution in [2.24, 2.45) is 0 Å². The van der Waals surface area contributed by atoms with Crippen LogP contribution in [0.15, 0.2) is 48.8 Å². The van der Waals surface area contributed by atoms with E-state index in [0.29, 0.717) is 10.7 Å². The average molecular weight is 419 g/mol. The zero-order valence-corrected chi connectivity index (χ0v) is 15.7. The molecule has 9 heteroatoms. The molecule has 0 amide bonds. The van der Waals surface area contributed by atoms with Crippen molar-refractivity contribution >= 4 is 28.2 Å². The molecule has 1 aliphatic carbocycles. The molecule has 2 atom stereocenters. The van der Waals surface area contributed by atoms with Crippen LogP contribution >= 0.6 is 11.6 Å². The molecule has 0 bridgehead atoms. The fraction of sp³-hybridized carbons (Fsp3) is 0.250. The van der Waals surface area contributed by atoms with Gasteiger partial charge in [-0.15, -0.1) is 0 Å². The first-order chi connectivity index (χ1) is 13.9. The van der Waals surface area contributed by atoms with Gasteiger partial charge in [-0.3, -0.25) is 0 Å². The van der Waals surface area contributed by atoms with Gasteiger partial charge in [0.1, 0.15) is 5.15 Å². The smallest absolute Gasteiger partial charge is 0.422 e. The van der Waals surface area contributed by atoms with Crippen molar-refractivity contribution in [3.8, 4) is 5.88 Å². The van der Waals surface area contributed by atoms with Crippen molar-refractivity contribution in [1.82, 2.24) is 19.6 Å². The summed E-state index contributed by atoms with van der Waals surface area (Å²) in [7, 11) is 0. The van der Waals surface area contributed by atoms with Gasteiger partial charge in [-0.1, -0.05) is 23.7 Å². The van der Waals surface area contributed by atoms with Gasteiger partial charge in [0.15, 0.2) is 12.3 Å². The summed E-state index contributed by atoms with van der Waals surface area (Å²) < 4.78 is 43.6. The monoisotopic (exact) mass is 418 g/mol. The zero-order chi connectivity index (χ0) is 20.2. The van der Waals surface area contributed by atoms with E-state index in [4.69, 9.17) is 16.3 Å². The van der Waals surface area contributed by atoms with Crippen molar-refractivity contribution < 1.29 is 17.9 Å². The Bertz CT molecular complexity index is 1220. The van der Waals surface area contributed by atoms with Crippen molar-refractivity contribution in [2.75, 3.05) is 6.61 Å². The Kier molecular flexibility index (Phi) is 4.13. The average Bonchev–Trinajstić information content (AvgIpc) is 3.34. The number of hydrogen-bond acceptors (Lipinski definition) is 4. The van der Waals surface area contributed by atoms with E-state index in [1.165, 1.54) is 6.07 Å². The van der Waals surface area contributed by atoms with Gasteiger partial charge in [0.25, 0.3) is 0 Å². The van der Waals surface area contributed by atoms with Gasteiger partial charge < -0.3 is 4.74 Å². The van der Waals surface area contributed by atoms with Crippen LogP contribution in [0.5, 0.6) is 5.88 Å². The predicted octanol–water partition coefficient (Wildman–Crippen LogP) is 5.14. The van der Waals surface area contributed by atoms with E-state index in [0.717, 1.165) is 28.6 Å². The first kappa shape index (κ1) is 18.2. The van der Waals surface area contributed by atoms with E-state index in [-0.39, 0.29) is 17.7 Å². The normalized spacial score (nSPS) is 19.0. The summed E-state index contributed by atoms with van der Waals surface area (Å²) in [6, 6.07) is 10.9. The van der Waals surface area contributed by atoms with E-state index in [1.54, 1.807) is 23.0 Å². The van der Waals surface area contributed by atoms with Crippen LogP contribution in [0, 0.1) is 0 Å². The Morgan fingerprint density at radius 2 is 1.97 bits per heavy atom. The lowest BCUT2D eigenvalue weighted by molar-refractivity contribution is -0.154. The molecule has 5 rings (SSSR count). The number of alkyl halides is 3. The van der Waals surface area contributed by atoms with Crippen LogP contribution < -0.4 is 4.74 Å². The molecule has 0 N–H and O–H groups in total. The van der Waals surface area contributed by atoms with Crippen molar-refractivity contribution in [3.05, 3.63) is 65.1 Å². The molecule has 1 saturated carbocycles. The molecule has 3 aromatic heterocycles. The molecule has 0 saturated heterocycles. The lowest BCUT2D eigenvalue weighted by Gasteiger charge is -2.09. The lowest BCUT2D eigenvalue weighted by Crippen LogP contribution is -2.19. The van der Waals surface area contributed by atoms with Gasteiger partial charge in [-0.25, -0.2) is 14.5 Å². The minimum Gasteiger partial charge on any atom is -0.468 e. The van der Waals surface area contributed by atoms with E-state index in [9.17, 15) is 13.2 Å². The number of hydrogen-bond donors (Lipinski definition) is 0. The summed E-state index contributed by atoms with van der Waals surface area (Å²) in [6.07, 6.45) is -0.0329. The van der Waals surface area contributed by atoms with Gasteiger partial charge in [0.2, 0.25) is 5.88 Å². The maximum Gasteiger partial charge on any atom is 0.422 e. The summed E-state index contributed by atoms with van der Waals surface area (Å²) in [6.45, 7) is -1.36. The molecule has 0 spiro atoms. The first-order valence-electron chi connectivity index (χ1n) is 8.97. The fourth-order valence-electron chi connectivity index (χ4n) is 3.67. The summed E-state index contributed by atoms with van der Waals surface area (Å²) in [4.78, 5) is 8.60. The Labute approximate surface area is 168 Å². The SMILES string of the molecule is FC(F)(F)COc1ccc2ccc([C@H]3CC3c3cc(Cl)nn4ccnc34)cc2n1. The summed E-state index contributed by atoms with van der Waals surface area (Å²) in [5.74, 6) is 0.474. The highest BCUT2D eigenvalue weighted by Crippen LogP contribution is 2.55. The standard InChI is InChI=1S/C20H14ClF3N4O/c21-17-9-15(19-25-5-6-28(19)27-17)14-8-13(14)12-2-1-11-3-4-18(26-16(11)7-12)29-10-20(22,23)24/h1-7,9,13-14H,8,10H2/t13-,14?/m1/s1. The van der Waals surface area contributed by atoms with Crippen molar-refractivity contribution in [1.29, 1.82) is 0 Å². The van der Waals surface area contributed by atoms with Gasteiger partial charge in [-0.2, -0.15) is 18.3 Å². The third-order valence-electron chi connectivity index (χ3n) is 5.05. The zero-order valence-electron chi connectivity index (χ0n) is 14.9. The fourth-order valence-corrected chi connectivity index (χ4v) is 3.87. The van der Waals surface area contributed by atoms with Gasteiger partial charge in [0, 0.05) is 29.4 Å². The van der Waals surface area contributed by atoms with E-state index in [1.807, 2.05) is 24.3 Å². The number of fused-ring (bicyclic) bond motifs is 2. The Morgan fingerprint density at radius 3 is 2.79 bits per heavy atom. The summed E-state index contributed by atoms with van der Waals surface area (Å²) in [5.41, 5.74) is 3.49. The van der Waals surface area contributed by atoms with E-state index < -0.39 is 12.8 Å². The summed E-state index contributed by atoms with van der Waals surface area (Å²) in [5, 5.41) is 5.45. The molecule has 3 heterocycles. The maximum absolute atomic E-state index is 12.4. The second-order valence-corrected chi connectivity index (χ2v) is 7.46. The number of halogens is 4. The highest BCUT2D eigenvalue weighted by Gasteiger charge is 2.41. The number of ether oxygens (including phenoxy) is 1. The molecular weight excluding hydrogens is 405 g/mol. The van der Waals surface area contributed by atoms with Crippen molar-refractivity contribution in [3.63, 3.8) is 0 Å². The second-order valence-electron chi connectivity index (χ2n) is 7.07. The third kappa shape index (κ3) is 3.60. The molecule has 29 heavy (non-hydrogen) atoms. The van der Waals surface area contributed by atoms with Gasteiger partial charge >= 0.3 is 6.18 Å². The number of benzene rings is 1. The van der Waals surface area contributed by atoms with Crippen LogP contribution in [0.4, 0.5) is 13.2 Å². The highest BCUT2D eigenvalue weighted by atomic mass is 35.5. The largest absolute Gasteiger partial charge is 0.468 e. The van der Waals surface area contributed by atoms with Gasteiger partial charge in [-0.05, 0) is 42.0 Å². The third-order valence-corrected chi connectivity index (χ3v) is 5.23. The van der Waals surface area contributed by atoms with Crippen LogP contribution in [-0.4, -0.2) is 32.4 Å². The topological polar surface area (TPSA) is 52.3 Å². The van der Waals surface area contributed by atoms with Gasteiger partial charge in [0.05, 0.1) is 5.52 Å². The minimum absolute atomic E-state index is 0.0423. The number of nitrogens with zero attached hydrogens (tertiary/aromatic N) is 4. The van der Waals surface area contributed by atoms with Crippen LogP contribution in [0.25, 0.3) is 16.6 Å². The van der Waals surface area contributed by atoms with Crippen LogP contribution in [0.1, 0.15) is 29.4 Å². The first-order valence-corrected chi connectivity index (χ1v) is 9.35. The molecule has 1 unspecified atom stereocenters. The number of pyridine rings is 1. The van der Waals surface area contributed by atoms with E-state index in [2.05, 4.69) is 15.1 Å². The van der Waals surface area contributed by atoms with Crippen LogP contribution in [-0.2, 0) is 0 Å². The Hall–Kier alpha value is -2.87. The quantitative estimate of drug-likeness (QED) is 0.460. The summed E-state index contributed by atoms with van der Waals surface area (Å²) >= 11 is 6.14. The van der Waals surface area contributed by atoms with Crippen LogP contribution in [0.2, 0.25) is 5.15 Å². The van der Waals surface area contributed by atoms with Crippen LogP contribution in [0.3, 0.4) is 0 Å². The van der Waals surface area contributed by atoms with Crippen molar-refractivity contribution in [2.45, 2.75) is 24.4 Å². The minimum atomic E-state index is -4.40. The second kappa shape index (κ2) is 6.59. The number of imidazole rings is 1. The highest BCUT2D eigenvalue weighted by molar-refractivity contribution is 6.29. The molecular formula is C20H14ClF3N4O. The molecule has 5 nitrogen and oxygen atoms in total. The molecule has 1 fully saturated rings. The lowest BCUT2D eigenvalue weighted by atomic mass is 10.0. The Morgan fingerprint density at radius 1 is 1.14 bits per heavy atom. The molecule has 1 aromatic carbocycles. The molecule has 148 valence electrons. The maximum atomic E-state index is 12.4. The molecule has 4 aromatic rings. The van der Waals surface area contributed by atoms with E-state index >= 15 is 0 Å². The number of aromatic nitrogens is 4. The Balaban J connectivity index is 1.43. The molecule has 1 aliphatic rings. The predicted molar refractivity (Wildman–Crippen MR) is 101 cm³/mol. The molecule has 0 aliphatic heterocycles. The number of rotatable bonds is 4.